The van der Waals surface area contributed by atoms with Gasteiger partial charge in [-0.25, -0.2) is 9.97 Å². The molecule has 2 aromatic rings. The van der Waals surface area contributed by atoms with Crippen molar-refractivity contribution in [1.82, 2.24) is 9.97 Å². The molecular formula is C10H10N2OS. The summed E-state index contributed by atoms with van der Waals surface area (Å²) in [4.78, 5) is 21.5. The summed E-state index contributed by atoms with van der Waals surface area (Å²) in [6.45, 7) is 3.61. The van der Waals surface area contributed by atoms with Crippen molar-refractivity contribution in [1.29, 1.82) is 0 Å². The molecule has 0 aromatic carbocycles. The van der Waals surface area contributed by atoms with E-state index in [0.717, 1.165) is 15.9 Å². The van der Waals surface area contributed by atoms with Crippen LogP contribution in [-0.4, -0.2) is 15.8 Å². The van der Waals surface area contributed by atoms with Crippen LogP contribution in [0.3, 0.4) is 0 Å². The zero-order valence-electron chi connectivity index (χ0n) is 8.07. The molecule has 2 aromatic heterocycles. The molecule has 4 heteroatoms. The molecule has 0 radical (unpaired) electrons. The van der Waals surface area contributed by atoms with Crippen molar-refractivity contribution >= 4 is 27.3 Å². The molecule has 3 nitrogen and oxygen atoms in total. The molecule has 0 unspecified atom stereocenters. The number of Topliss-reactive ketones (excluding diaryl/α,β-unsaturated/α-hetero) is 1. The second-order valence-corrected chi connectivity index (χ2v) is 4.51. The van der Waals surface area contributed by atoms with Gasteiger partial charge < -0.3 is 0 Å². The van der Waals surface area contributed by atoms with Crippen LogP contribution < -0.4 is 0 Å². The molecule has 0 fully saturated rings. The number of aryl methyl sites for hydroxylation is 1. The molecule has 0 aliphatic rings. The number of nitrogens with zero attached hydrogens (tertiary/aromatic N) is 2. The van der Waals surface area contributed by atoms with Gasteiger partial charge in [0, 0.05) is 16.7 Å². The second kappa shape index (κ2) is 3.46. The molecule has 0 saturated heterocycles. The maximum absolute atomic E-state index is 11.0. The largest absolute Gasteiger partial charge is 0.300 e. The topological polar surface area (TPSA) is 42.9 Å². The highest BCUT2D eigenvalue weighted by Gasteiger charge is 2.08. The van der Waals surface area contributed by atoms with Crippen LogP contribution in [0.4, 0.5) is 0 Å². The molecule has 0 saturated carbocycles. The Balaban J connectivity index is 2.58. The highest BCUT2D eigenvalue weighted by Crippen LogP contribution is 2.24. The van der Waals surface area contributed by atoms with Gasteiger partial charge in [0.2, 0.25) is 0 Å². The molecule has 0 amide bonds. The van der Waals surface area contributed by atoms with Crippen LogP contribution in [0.5, 0.6) is 0 Å². The predicted octanol–water partition coefficient (Wildman–Crippen LogP) is 2.13. The Labute approximate surface area is 85.8 Å². The van der Waals surface area contributed by atoms with Crippen LogP contribution in [-0.2, 0) is 11.2 Å². The molecule has 2 rings (SSSR count). The Hall–Kier alpha value is -1.29. The van der Waals surface area contributed by atoms with Gasteiger partial charge in [-0.05, 0) is 19.9 Å². The van der Waals surface area contributed by atoms with E-state index in [0.29, 0.717) is 6.42 Å². The van der Waals surface area contributed by atoms with Crippen LogP contribution in [0, 0.1) is 6.92 Å². The number of ketones is 1. The van der Waals surface area contributed by atoms with E-state index < -0.39 is 0 Å². The number of aromatic nitrogens is 2. The maximum Gasteiger partial charge on any atom is 0.135 e. The first-order chi connectivity index (χ1) is 6.66. The van der Waals surface area contributed by atoms with Gasteiger partial charge in [0.15, 0.2) is 0 Å². The van der Waals surface area contributed by atoms with E-state index in [1.165, 1.54) is 11.2 Å². The minimum atomic E-state index is 0.133. The molecule has 2 heterocycles. The molecular weight excluding hydrogens is 196 g/mol. The third-order valence-corrected chi connectivity index (χ3v) is 2.91. The van der Waals surface area contributed by atoms with Crippen LogP contribution in [0.1, 0.15) is 17.5 Å². The van der Waals surface area contributed by atoms with Crippen molar-refractivity contribution in [3.63, 3.8) is 0 Å². The smallest absolute Gasteiger partial charge is 0.135 e. The lowest BCUT2D eigenvalue weighted by molar-refractivity contribution is -0.116. The van der Waals surface area contributed by atoms with Gasteiger partial charge in [0.1, 0.15) is 16.9 Å². The van der Waals surface area contributed by atoms with E-state index in [9.17, 15) is 4.79 Å². The number of hydrogen-bond acceptors (Lipinski definition) is 4. The average Bonchev–Trinajstić information content (AvgIpc) is 2.45. The highest BCUT2D eigenvalue weighted by atomic mass is 32.1. The fourth-order valence-electron chi connectivity index (χ4n) is 1.40. The molecule has 0 atom stereocenters. The van der Waals surface area contributed by atoms with E-state index in [1.54, 1.807) is 18.3 Å². The van der Waals surface area contributed by atoms with Gasteiger partial charge in [-0.1, -0.05) is 0 Å². The number of thiophene rings is 1. The summed E-state index contributed by atoms with van der Waals surface area (Å²) >= 11 is 1.63. The van der Waals surface area contributed by atoms with E-state index in [4.69, 9.17) is 0 Å². The standard InChI is InChI=1S/C10H10N2OS/c1-6(13)3-9-8-4-7(2)14-10(8)12-5-11-9/h4-5H,3H2,1-2H3. The quantitative estimate of drug-likeness (QED) is 0.756. The maximum atomic E-state index is 11.0. The first-order valence-electron chi connectivity index (χ1n) is 4.36. The molecule has 0 spiro atoms. The lowest BCUT2D eigenvalue weighted by Gasteiger charge is -1.97. The first-order valence-corrected chi connectivity index (χ1v) is 5.18. The summed E-state index contributed by atoms with van der Waals surface area (Å²) in [5.74, 6) is 0.133. The monoisotopic (exact) mass is 206 g/mol. The number of hydrogen-bond donors (Lipinski definition) is 0. The van der Waals surface area contributed by atoms with Crippen LogP contribution in [0.15, 0.2) is 12.4 Å². The number of rotatable bonds is 2. The zero-order valence-corrected chi connectivity index (χ0v) is 8.89. The van der Waals surface area contributed by atoms with Gasteiger partial charge in [-0.3, -0.25) is 4.79 Å². The summed E-state index contributed by atoms with van der Waals surface area (Å²) < 4.78 is 0. The van der Waals surface area contributed by atoms with Crippen molar-refractivity contribution in [2.75, 3.05) is 0 Å². The van der Waals surface area contributed by atoms with Gasteiger partial charge in [-0.15, -0.1) is 11.3 Å². The first kappa shape index (κ1) is 9.27. The predicted molar refractivity (Wildman–Crippen MR) is 56.5 cm³/mol. The van der Waals surface area contributed by atoms with E-state index >= 15 is 0 Å². The highest BCUT2D eigenvalue weighted by molar-refractivity contribution is 7.18. The lowest BCUT2D eigenvalue weighted by Crippen LogP contribution is -1.99. The van der Waals surface area contributed by atoms with E-state index in [2.05, 4.69) is 9.97 Å². The Kier molecular flexibility index (Phi) is 2.29. The summed E-state index contributed by atoms with van der Waals surface area (Å²) in [6.07, 6.45) is 1.92. The third-order valence-electron chi connectivity index (χ3n) is 1.95. The van der Waals surface area contributed by atoms with E-state index in [-0.39, 0.29) is 5.78 Å². The SMILES string of the molecule is CC(=O)Cc1ncnc2sc(C)cc12. The minimum absolute atomic E-state index is 0.133. The summed E-state index contributed by atoms with van der Waals surface area (Å²) in [5.41, 5.74) is 0.840. The zero-order chi connectivity index (χ0) is 10.1. The van der Waals surface area contributed by atoms with Gasteiger partial charge >= 0.3 is 0 Å². The summed E-state index contributed by atoms with van der Waals surface area (Å²) in [5, 5.41) is 1.02. The Morgan fingerprint density at radius 1 is 1.50 bits per heavy atom. The minimum Gasteiger partial charge on any atom is -0.300 e. The average molecular weight is 206 g/mol. The number of fused-ring (bicyclic) bond motifs is 1. The van der Waals surface area contributed by atoms with Crippen molar-refractivity contribution in [3.8, 4) is 0 Å². The Morgan fingerprint density at radius 3 is 3.00 bits per heavy atom. The summed E-state index contributed by atoms with van der Waals surface area (Å²) in [6, 6.07) is 2.04. The molecule has 14 heavy (non-hydrogen) atoms. The second-order valence-electron chi connectivity index (χ2n) is 3.28. The van der Waals surface area contributed by atoms with Gasteiger partial charge in [0.05, 0.1) is 5.69 Å². The van der Waals surface area contributed by atoms with Crippen LogP contribution in [0.25, 0.3) is 10.2 Å². The van der Waals surface area contributed by atoms with Crippen LogP contribution in [0.2, 0.25) is 0 Å². The normalized spacial score (nSPS) is 10.7. The number of carbonyl (C=O) groups excluding carboxylic acids is 1. The molecule has 0 aliphatic carbocycles. The molecule has 0 bridgehead atoms. The lowest BCUT2D eigenvalue weighted by atomic mass is 10.2. The Bertz CT molecular complexity index is 490. The van der Waals surface area contributed by atoms with Crippen molar-refractivity contribution in [2.45, 2.75) is 20.3 Å². The van der Waals surface area contributed by atoms with Crippen molar-refractivity contribution in [2.24, 2.45) is 0 Å². The molecule has 72 valence electrons. The fourth-order valence-corrected chi connectivity index (χ4v) is 2.27. The fraction of sp³-hybridized carbons (Fsp3) is 0.300. The van der Waals surface area contributed by atoms with Crippen molar-refractivity contribution in [3.05, 3.63) is 23.0 Å². The Morgan fingerprint density at radius 2 is 2.29 bits per heavy atom. The van der Waals surface area contributed by atoms with E-state index in [1.807, 2.05) is 13.0 Å². The van der Waals surface area contributed by atoms with Gasteiger partial charge in [-0.2, -0.15) is 0 Å². The number of carbonyl (C=O) groups is 1. The third kappa shape index (κ3) is 1.65. The van der Waals surface area contributed by atoms with Crippen molar-refractivity contribution < 1.29 is 4.79 Å². The van der Waals surface area contributed by atoms with Crippen LogP contribution >= 0.6 is 11.3 Å². The molecule has 0 aliphatic heterocycles. The molecule has 0 N–H and O–H groups in total. The summed E-state index contributed by atoms with van der Waals surface area (Å²) in [7, 11) is 0. The van der Waals surface area contributed by atoms with Gasteiger partial charge in [0.25, 0.3) is 0 Å².